The van der Waals surface area contributed by atoms with E-state index in [1.807, 2.05) is 17.4 Å². The number of nitrogens with one attached hydrogen (secondary N) is 1. The van der Waals surface area contributed by atoms with Crippen LogP contribution in [-0.4, -0.2) is 24.3 Å². The quantitative estimate of drug-likeness (QED) is 0.538. The summed E-state index contributed by atoms with van der Waals surface area (Å²) < 4.78 is 2.04. The first-order chi connectivity index (χ1) is 12.6. The zero-order chi connectivity index (χ0) is 18.1. The van der Waals surface area contributed by atoms with Gasteiger partial charge in [0.1, 0.15) is 0 Å². The molecule has 0 bridgehead atoms. The van der Waals surface area contributed by atoms with E-state index in [2.05, 4.69) is 65.3 Å². The van der Waals surface area contributed by atoms with Gasteiger partial charge in [-0.25, -0.2) is 15.0 Å². The van der Waals surface area contributed by atoms with E-state index < -0.39 is 0 Å². The fourth-order valence-corrected chi connectivity index (χ4v) is 3.85. The summed E-state index contributed by atoms with van der Waals surface area (Å²) in [6.07, 6.45) is 2.91. The number of H-pyrrole nitrogens is 1. The summed E-state index contributed by atoms with van der Waals surface area (Å²) in [6.45, 7) is 6.15. The Kier molecular flexibility index (Phi) is 4.51. The Bertz CT molecular complexity index is 1050. The van der Waals surface area contributed by atoms with Crippen LogP contribution in [0.3, 0.4) is 0 Å². The molecular formula is C20H21N5S. The normalized spacial score (nSPS) is 11.3. The number of fused-ring (bicyclic) bond motifs is 1. The Balaban J connectivity index is 1.48. The average molecular weight is 363 g/mol. The van der Waals surface area contributed by atoms with Crippen molar-refractivity contribution in [2.45, 2.75) is 38.1 Å². The van der Waals surface area contributed by atoms with Crippen molar-refractivity contribution in [1.29, 1.82) is 0 Å². The minimum absolute atomic E-state index is 0.762. The van der Waals surface area contributed by atoms with Gasteiger partial charge in [-0.15, -0.1) is 0 Å². The van der Waals surface area contributed by atoms with Gasteiger partial charge in [0.15, 0.2) is 5.16 Å². The lowest BCUT2D eigenvalue weighted by Gasteiger charge is -1.98. The molecule has 0 amide bonds. The van der Waals surface area contributed by atoms with Gasteiger partial charge in [-0.05, 0) is 32.4 Å². The molecule has 0 aliphatic carbocycles. The number of aromatic amines is 1. The molecule has 132 valence electrons. The van der Waals surface area contributed by atoms with Crippen LogP contribution in [0.4, 0.5) is 0 Å². The minimum Gasteiger partial charge on any atom is -0.337 e. The lowest BCUT2D eigenvalue weighted by Crippen LogP contribution is -1.94. The lowest BCUT2D eigenvalue weighted by molar-refractivity contribution is 1.01. The molecule has 1 N–H and O–H groups in total. The van der Waals surface area contributed by atoms with E-state index in [-0.39, 0.29) is 0 Å². The predicted molar refractivity (Wildman–Crippen MR) is 105 cm³/mol. The largest absolute Gasteiger partial charge is 0.337 e. The summed E-state index contributed by atoms with van der Waals surface area (Å²) in [7, 11) is 0. The van der Waals surface area contributed by atoms with E-state index >= 15 is 0 Å². The van der Waals surface area contributed by atoms with E-state index in [1.54, 1.807) is 11.8 Å². The highest BCUT2D eigenvalue weighted by molar-refractivity contribution is 7.98. The van der Waals surface area contributed by atoms with Crippen molar-refractivity contribution in [3.63, 3.8) is 0 Å². The first kappa shape index (κ1) is 16.8. The van der Waals surface area contributed by atoms with E-state index in [0.29, 0.717) is 0 Å². The van der Waals surface area contributed by atoms with Gasteiger partial charge >= 0.3 is 0 Å². The minimum atomic E-state index is 0.762. The topological polar surface area (TPSA) is 58.9 Å². The van der Waals surface area contributed by atoms with Crippen LogP contribution in [0.1, 0.15) is 34.0 Å². The maximum Gasteiger partial charge on any atom is 0.234 e. The van der Waals surface area contributed by atoms with Gasteiger partial charge in [0.05, 0.1) is 11.4 Å². The summed E-state index contributed by atoms with van der Waals surface area (Å²) in [5.74, 6) is 1.53. The molecule has 0 saturated carbocycles. The third-order valence-electron chi connectivity index (χ3n) is 4.35. The number of aromatic nitrogens is 5. The van der Waals surface area contributed by atoms with Gasteiger partial charge in [-0.1, -0.05) is 42.1 Å². The summed E-state index contributed by atoms with van der Waals surface area (Å²) in [6, 6.07) is 12.5. The number of aryl methyl sites for hydroxylation is 3. The van der Waals surface area contributed by atoms with Crippen LogP contribution in [0.5, 0.6) is 0 Å². The van der Waals surface area contributed by atoms with Crippen molar-refractivity contribution in [2.75, 3.05) is 0 Å². The molecule has 0 unspecified atom stereocenters. The molecule has 4 rings (SSSR count). The fourth-order valence-electron chi connectivity index (χ4n) is 3.03. The van der Waals surface area contributed by atoms with Gasteiger partial charge in [-0.3, -0.25) is 4.40 Å². The number of imidazole rings is 2. The molecule has 0 aliphatic heterocycles. The molecule has 3 aromatic heterocycles. The molecule has 3 heterocycles. The maximum atomic E-state index is 4.76. The number of rotatable bonds is 5. The van der Waals surface area contributed by atoms with Crippen LogP contribution in [0.25, 0.3) is 5.78 Å². The average Bonchev–Trinajstić information content (AvgIpc) is 3.17. The van der Waals surface area contributed by atoms with Gasteiger partial charge in [-0.2, -0.15) is 0 Å². The second kappa shape index (κ2) is 6.96. The smallest absolute Gasteiger partial charge is 0.234 e. The SMILES string of the molecule is Cc1cc(C)n2cc(CSc3nc(Cc4ccccc4)c(C)[nH]3)nc2n1. The Morgan fingerprint density at radius 1 is 1.04 bits per heavy atom. The standard InChI is InChI=1S/C20H21N5S/c1-13-9-14(2)25-11-17(23-19(25)21-13)12-26-20-22-15(3)18(24-20)10-16-7-5-4-6-8-16/h4-9,11H,10,12H2,1-3H3,(H,22,24). The van der Waals surface area contributed by atoms with Gasteiger partial charge in [0, 0.05) is 35.5 Å². The molecule has 4 aromatic rings. The number of nitrogens with zero attached hydrogens (tertiary/aromatic N) is 4. The van der Waals surface area contributed by atoms with E-state index in [9.17, 15) is 0 Å². The molecule has 0 radical (unpaired) electrons. The summed E-state index contributed by atoms with van der Waals surface area (Å²) in [5.41, 5.74) is 6.65. The molecule has 0 saturated heterocycles. The Labute approximate surface area is 156 Å². The van der Waals surface area contributed by atoms with E-state index in [1.165, 1.54) is 5.56 Å². The highest BCUT2D eigenvalue weighted by atomic mass is 32.2. The number of thioether (sulfide) groups is 1. The molecule has 0 atom stereocenters. The monoisotopic (exact) mass is 363 g/mol. The van der Waals surface area contributed by atoms with E-state index in [4.69, 9.17) is 4.98 Å². The third kappa shape index (κ3) is 3.51. The molecule has 6 heteroatoms. The summed E-state index contributed by atoms with van der Waals surface area (Å²) in [5, 5.41) is 0.936. The summed E-state index contributed by atoms with van der Waals surface area (Å²) in [4.78, 5) is 17.3. The van der Waals surface area contributed by atoms with Gasteiger partial charge in [0.25, 0.3) is 0 Å². The molecule has 5 nitrogen and oxygen atoms in total. The predicted octanol–water partition coefficient (Wildman–Crippen LogP) is 4.26. The van der Waals surface area contributed by atoms with Gasteiger partial charge in [0.2, 0.25) is 5.78 Å². The zero-order valence-corrected chi connectivity index (χ0v) is 16.0. The van der Waals surface area contributed by atoms with E-state index in [0.717, 1.165) is 51.6 Å². The number of benzene rings is 1. The van der Waals surface area contributed by atoms with Crippen LogP contribution in [0.15, 0.2) is 47.8 Å². The molecule has 26 heavy (non-hydrogen) atoms. The Morgan fingerprint density at radius 2 is 1.85 bits per heavy atom. The highest BCUT2D eigenvalue weighted by Gasteiger charge is 2.10. The second-order valence-electron chi connectivity index (χ2n) is 6.51. The van der Waals surface area contributed by atoms with Crippen LogP contribution >= 0.6 is 11.8 Å². The molecule has 0 fully saturated rings. The molecule has 0 spiro atoms. The van der Waals surface area contributed by atoms with Crippen molar-refractivity contribution >= 4 is 17.5 Å². The van der Waals surface area contributed by atoms with Gasteiger partial charge < -0.3 is 4.98 Å². The molecular weight excluding hydrogens is 342 g/mol. The maximum absolute atomic E-state index is 4.76. The third-order valence-corrected chi connectivity index (χ3v) is 5.25. The number of hydrogen-bond acceptors (Lipinski definition) is 4. The van der Waals surface area contributed by atoms with Crippen LogP contribution in [-0.2, 0) is 12.2 Å². The second-order valence-corrected chi connectivity index (χ2v) is 7.47. The zero-order valence-electron chi connectivity index (χ0n) is 15.2. The highest BCUT2D eigenvalue weighted by Crippen LogP contribution is 2.23. The Hall–Kier alpha value is -2.60. The van der Waals surface area contributed by atoms with Crippen LogP contribution < -0.4 is 0 Å². The molecule has 0 aliphatic rings. The van der Waals surface area contributed by atoms with Crippen molar-refractivity contribution in [3.05, 3.63) is 76.6 Å². The number of hydrogen-bond donors (Lipinski definition) is 1. The first-order valence-electron chi connectivity index (χ1n) is 8.63. The van der Waals surface area contributed by atoms with Crippen molar-refractivity contribution in [1.82, 2.24) is 24.3 Å². The van der Waals surface area contributed by atoms with Crippen LogP contribution in [0.2, 0.25) is 0 Å². The van der Waals surface area contributed by atoms with Crippen LogP contribution in [0, 0.1) is 20.8 Å². The van der Waals surface area contributed by atoms with Crippen molar-refractivity contribution in [3.8, 4) is 0 Å². The summed E-state index contributed by atoms with van der Waals surface area (Å²) >= 11 is 1.67. The Morgan fingerprint density at radius 3 is 2.65 bits per heavy atom. The van der Waals surface area contributed by atoms with Crippen molar-refractivity contribution < 1.29 is 0 Å². The molecule has 1 aromatic carbocycles. The first-order valence-corrected chi connectivity index (χ1v) is 9.61. The fraction of sp³-hybridized carbons (Fsp3) is 0.250. The lowest BCUT2D eigenvalue weighted by atomic mass is 10.1. The van der Waals surface area contributed by atoms with Crippen molar-refractivity contribution in [2.24, 2.45) is 0 Å².